The van der Waals surface area contributed by atoms with Gasteiger partial charge >= 0.3 is 0 Å². The van der Waals surface area contributed by atoms with E-state index in [9.17, 15) is 0 Å². The monoisotopic (exact) mass is 294 g/mol. The molecule has 0 radical (unpaired) electrons. The highest BCUT2D eigenvalue weighted by Gasteiger charge is 1.97. The van der Waals surface area contributed by atoms with Gasteiger partial charge in [-0.2, -0.15) is 0 Å². The standard InChI is InChI=1S/C20H22S/c1-15-7-5-8-16(2)19(15)11-13-21-14-12-20-17(3)9-6-10-18(20)4/h5-14H,1-4H3. The van der Waals surface area contributed by atoms with Gasteiger partial charge in [0.05, 0.1) is 0 Å². The summed E-state index contributed by atoms with van der Waals surface area (Å²) in [4.78, 5) is 0. The van der Waals surface area contributed by atoms with Crippen molar-refractivity contribution in [3.8, 4) is 0 Å². The molecule has 0 aromatic heterocycles. The molecule has 2 aromatic rings. The maximum absolute atomic E-state index is 2.20. The van der Waals surface area contributed by atoms with Crippen molar-refractivity contribution < 1.29 is 0 Å². The summed E-state index contributed by atoms with van der Waals surface area (Å²) in [6.45, 7) is 8.63. The molecule has 2 aromatic carbocycles. The van der Waals surface area contributed by atoms with Gasteiger partial charge in [0.25, 0.3) is 0 Å². The number of benzene rings is 2. The molecule has 0 amide bonds. The first-order valence-corrected chi connectivity index (χ1v) is 8.15. The first kappa shape index (κ1) is 15.7. The van der Waals surface area contributed by atoms with E-state index in [2.05, 4.69) is 87.1 Å². The molecule has 0 saturated heterocycles. The van der Waals surface area contributed by atoms with Crippen LogP contribution in [0.1, 0.15) is 33.4 Å². The Morgan fingerprint density at radius 2 is 0.952 bits per heavy atom. The van der Waals surface area contributed by atoms with Crippen molar-refractivity contribution in [1.29, 1.82) is 0 Å². The molecular weight excluding hydrogens is 272 g/mol. The smallest absolute Gasteiger partial charge is 0.0193 e. The average molecular weight is 294 g/mol. The minimum atomic E-state index is 1.32. The van der Waals surface area contributed by atoms with E-state index in [0.717, 1.165) is 0 Å². The fourth-order valence-electron chi connectivity index (χ4n) is 2.44. The molecule has 1 heteroatoms. The third-order valence-corrected chi connectivity index (χ3v) is 4.30. The first-order chi connectivity index (χ1) is 10.1. The van der Waals surface area contributed by atoms with Crippen molar-refractivity contribution in [3.63, 3.8) is 0 Å². The molecule has 0 spiro atoms. The molecule has 108 valence electrons. The summed E-state index contributed by atoms with van der Waals surface area (Å²) in [6, 6.07) is 12.8. The van der Waals surface area contributed by atoms with Gasteiger partial charge in [0, 0.05) is 0 Å². The van der Waals surface area contributed by atoms with Crippen molar-refractivity contribution in [3.05, 3.63) is 80.6 Å². The van der Waals surface area contributed by atoms with Gasteiger partial charge in [-0.1, -0.05) is 36.4 Å². The maximum Gasteiger partial charge on any atom is -0.0193 e. The van der Waals surface area contributed by atoms with E-state index in [1.165, 1.54) is 33.4 Å². The molecule has 0 aliphatic rings. The van der Waals surface area contributed by atoms with E-state index in [-0.39, 0.29) is 0 Å². The topological polar surface area (TPSA) is 0 Å². The Labute approximate surface area is 132 Å². The van der Waals surface area contributed by atoms with Gasteiger partial charge in [-0.25, -0.2) is 0 Å². The summed E-state index contributed by atoms with van der Waals surface area (Å²) >= 11 is 1.72. The minimum Gasteiger partial charge on any atom is -0.106 e. The van der Waals surface area contributed by atoms with Gasteiger partial charge in [-0.05, 0) is 84.0 Å². The molecule has 0 fully saturated rings. The lowest BCUT2D eigenvalue weighted by Gasteiger charge is -2.04. The van der Waals surface area contributed by atoms with Gasteiger partial charge in [-0.15, -0.1) is 11.8 Å². The molecule has 0 atom stereocenters. The van der Waals surface area contributed by atoms with E-state index in [0.29, 0.717) is 0 Å². The molecule has 0 unspecified atom stereocenters. The van der Waals surface area contributed by atoms with Crippen molar-refractivity contribution in [2.24, 2.45) is 0 Å². The summed E-state index contributed by atoms with van der Waals surface area (Å²) in [5.74, 6) is 0. The van der Waals surface area contributed by atoms with Crippen molar-refractivity contribution in [2.75, 3.05) is 0 Å². The molecule has 0 heterocycles. The summed E-state index contributed by atoms with van der Waals surface area (Å²) in [5, 5.41) is 4.30. The lowest BCUT2D eigenvalue weighted by atomic mass is 10.0. The Morgan fingerprint density at radius 1 is 0.619 bits per heavy atom. The van der Waals surface area contributed by atoms with Crippen LogP contribution in [0.4, 0.5) is 0 Å². The quantitative estimate of drug-likeness (QED) is 0.638. The number of thioether (sulfide) groups is 1. The zero-order valence-corrected chi connectivity index (χ0v) is 14.0. The number of hydrogen-bond acceptors (Lipinski definition) is 1. The fraction of sp³-hybridized carbons (Fsp3) is 0.200. The van der Waals surface area contributed by atoms with Crippen LogP contribution in [0.25, 0.3) is 12.2 Å². The summed E-state index contributed by atoms with van der Waals surface area (Å²) in [6.07, 6.45) is 4.40. The Balaban J connectivity index is 2.04. The highest BCUT2D eigenvalue weighted by Crippen LogP contribution is 2.20. The molecule has 0 N–H and O–H groups in total. The SMILES string of the molecule is Cc1cccc(C)c1C=CSC=Cc1c(C)cccc1C. The Bertz CT molecular complexity index is 578. The first-order valence-electron chi connectivity index (χ1n) is 7.20. The molecule has 2 rings (SSSR count). The molecule has 0 saturated carbocycles. The lowest BCUT2D eigenvalue weighted by molar-refractivity contribution is 1.36. The normalized spacial score (nSPS) is 11.6. The zero-order chi connectivity index (χ0) is 15.2. The van der Waals surface area contributed by atoms with Crippen LogP contribution < -0.4 is 0 Å². The molecule has 0 aliphatic carbocycles. The maximum atomic E-state index is 2.20. The van der Waals surface area contributed by atoms with Gasteiger partial charge in [-0.3, -0.25) is 0 Å². The van der Waals surface area contributed by atoms with Crippen LogP contribution in [0, 0.1) is 27.7 Å². The van der Waals surface area contributed by atoms with Crippen LogP contribution in [-0.4, -0.2) is 0 Å². The predicted molar refractivity (Wildman–Crippen MR) is 97.5 cm³/mol. The fourth-order valence-corrected chi connectivity index (χ4v) is 2.96. The zero-order valence-electron chi connectivity index (χ0n) is 13.2. The van der Waals surface area contributed by atoms with E-state index >= 15 is 0 Å². The van der Waals surface area contributed by atoms with Crippen LogP contribution in [0.15, 0.2) is 47.2 Å². The Hall–Kier alpha value is -1.73. The molecule has 0 nitrogen and oxygen atoms in total. The number of aryl methyl sites for hydroxylation is 4. The molecule has 0 bridgehead atoms. The van der Waals surface area contributed by atoms with Gasteiger partial charge < -0.3 is 0 Å². The molecular formula is C20H22S. The number of hydrogen-bond donors (Lipinski definition) is 0. The average Bonchev–Trinajstić information content (AvgIpc) is 2.44. The second-order valence-electron chi connectivity index (χ2n) is 5.35. The highest BCUT2D eigenvalue weighted by atomic mass is 32.2. The van der Waals surface area contributed by atoms with E-state index in [1.54, 1.807) is 11.8 Å². The van der Waals surface area contributed by atoms with Crippen LogP contribution in [-0.2, 0) is 0 Å². The van der Waals surface area contributed by atoms with Gasteiger partial charge in [0.15, 0.2) is 0 Å². The Morgan fingerprint density at radius 3 is 1.29 bits per heavy atom. The van der Waals surface area contributed by atoms with Crippen molar-refractivity contribution in [2.45, 2.75) is 27.7 Å². The largest absolute Gasteiger partial charge is 0.106 e. The minimum absolute atomic E-state index is 1.32. The lowest BCUT2D eigenvalue weighted by Crippen LogP contribution is -1.84. The van der Waals surface area contributed by atoms with Gasteiger partial charge in [0.1, 0.15) is 0 Å². The van der Waals surface area contributed by atoms with E-state index < -0.39 is 0 Å². The molecule has 0 aliphatic heterocycles. The summed E-state index contributed by atoms with van der Waals surface area (Å²) in [5.41, 5.74) is 7.95. The van der Waals surface area contributed by atoms with Crippen molar-refractivity contribution in [1.82, 2.24) is 0 Å². The predicted octanol–water partition coefficient (Wildman–Crippen LogP) is 6.30. The summed E-state index contributed by atoms with van der Waals surface area (Å²) in [7, 11) is 0. The van der Waals surface area contributed by atoms with E-state index in [1.807, 2.05) is 0 Å². The van der Waals surface area contributed by atoms with Crippen molar-refractivity contribution >= 4 is 23.9 Å². The molecule has 21 heavy (non-hydrogen) atoms. The van der Waals surface area contributed by atoms with Crippen LogP contribution in [0.2, 0.25) is 0 Å². The second kappa shape index (κ2) is 7.33. The third kappa shape index (κ3) is 4.12. The summed E-state index contributed by atoms with van der Waals surface area (Å²) < 4.78 is 0. The van der Waals surface area contributed by atoms with Gasteiger partial charge in [0.2, 0.25) is 0 Å². The number of rotatable bonds is 4. The van der Waals surface area contributed by atoms with Crippen LogP contribution >= 0.6 is 11.8 Å². The van der Waals surface area contributed by atoms with Crippen LogP contribution in [0.3, 0.4) is 0 Å². The second-order valence-corrected chi connectivity index (χ2v) is 6.17. The van der Waals surface area contributed by atoms with Crippen LogP contribution in [0.5, 0.6) is 0 Å². The van der Waals surface area contributed by atoms with E-state index in [4.69, 9.17) is 0 Å². The Kier molecular flexibility index (Phi) is 5.46. The highest BCUT2D eigenvalue weighted by molar-refractivity contribution is 8.05. The third-order valence-electron chi connectivity index (χ3n) is 3.71.